The van der Waals surface area contributed by atoms with E-state index in [9.17, 15) is 9.59 Å². The number of para-hydroxylation sites is 2. The first-order valence-electron chi connectivity index (χ1n) is 9.26. The number of halogens is 1. The molecule has 150 valence electrons. The molecular formula is C24H17BrO5. The lowest BCUT2D eigenvalue weighted by atomic mass is 10.1. The monoisotopic (exact) mass is 464 g/mol. The molecule has 0 bridgehead atoms. The highest BCUT2D eigenvalue weighted by molar-refractivity contribution is 9.10. The molecule has 0 fully saturated rings. The predicted molar refractivity (Wildman–Crippen MR) is 116 cm³/mol. The average molecular weight is 465 g/mol. The summed E-state index contributed by atoms with van der Waals surface area (Å²) in [6.45, 7) is -0.247. The van der Waals surface area contributed by atoms with Crippen LogP contribution >= 0.6 is 15.9 Å². The van der Waals surface area contributed by atoms with Crippen molar-refractivity contribution in [2.24, 2.45) is 0 Å². The molecule has 0 spiro atoms. The number of carbonyl (C=O) groups excluding carboxylic acids is 2. The number of esters is 1. The molecule has 3 aromatic carbocycles. The third-order valence-electron chi connectivity index (χ3n) is 4.51. The topological polar surface area (TPSA) is 65.7 Å². The van der Waals surface area contributed by atoms with E-state index in [1.54, 1.807) is 30.3 Å². The minimum Gasteiger partial charge on any atom is -0.489 e. The van der Waals surface area contributed by atoms with Crippen LogP contribution in [0.5, 0.6) is 5.75 Å². The standard InChI is InChI=1S/C24H17BrO5/c25-17-12-10-16(11-13-17)21(26)15-29-24(27)23-20(14-28-18-6-2-1-3-7-18)19-8-4-5-9-22(19)30-23/h1-13H,14-15H2. The number of carbonyl (C=O) groups is 2. The summed E-state index contributed by atoms with van der Waals surface area (Å²) in [6.07, 6.45) is 0. The highest BCUT2D eigenvalue weighted by Crippen LogP contribution is 2.28. The summed E-state index contributed by atoms with van der Waals surface area (Å²) >= 11 is 3.32. The molecule has 4 rings (SSSR count). The SMILES string of the molecule is O=C(COC(=O)c1oc2ccccc2c1COc1ccccc1)c1ccc(Br)cc1. The summed E-state index contributed by atoms with van der Waals surface area (Å²) in [5, 5.41) is 0.764. The maximum absolute atomic E-state index is 12.7. The lowest BCUT2D eigenvalue weighted by Gasteiger charge is -2.07. The summed E-state index contributed by atoms with van der Waals surface area (Å²) in [6, 6.07) is 23.4. The van der Waals surface area contributed by atoms with E-state index in [-0.39, 0.29) is 24.8 Å². The zero-order valence-electron chi connectivity index (χ0n) is 15.8. The van der Waals surface area contributed by atoms with Gasteiger partial charge < -0.3 is 13.9 Å². The van der Waals surface area contributed by atoms with E-state index < -0.39 is 5.97 Å². The van der Waals surface area contributed by atoms with Crippen LogP contribution in [0.15, 0.2) is 87.8 Å². The molecule has 0 aliphatic rings. The Kier molecular flexibility index (Phi) is 5.95. The highest BCUT2D eigenvalue weighted by atomic mass is 79.9. The first kappa shape index (κ1) is 19.9. The second kappa shape index (κ2) is 8.97. The molecule has 0 unspecified atom stereocenters. The second-order valence-electron chi connectivity index (χ2n) is 6.51. The molecule has 30 heavy (non-hydrogen) atoms. The van der Waals surface area contributed by atoms with Gasteiger partial charge in [0.05, 0.1) is 5.56 Å². The largest absolute Gasteiger partial charge is 0.489 e. The van der Waals surface area contributed by atoms with Gasteiger partial charge in [0.15, 0.2) is 12.4 Å². The number of hydrogen-bond acceptors (Lipinski definition) is 5. The molecular weight excluding hydrogens is 448 g/mol. The van der Waals surface area contributed by atoms with Crippen molar-refractivity contribution in [1.82, 2.24) is 0 Å². The van der Waals surface area contributed by atoms with Crippen molar-refractivity contribution in [3.63, 3.8) is 0 Å². The van der Waals surface area contributed by atoms with Crippen molar-refractivity contribution in [2.45, 2.75) is 6.61 Å². The quantitative estimate of drug-likeness (QED) is 0.255. The average Bonchev–Trinajstić information content (AvgIpc) is 3.16. The van der Waals surface area contributed by atoms with Gasteiger partial charge in [-0.15, -0.1) is 0 Å². The summed E-state index contributed by atoms with van der Waals surface area (Å²) in [5.41, 5.74) is 1.59. The molecule has 0 N–H and O–H groups in total. The zero-order chi connectivity index (χ0) is 20.9. The van der Waals surface area contributed by atoms with Crippen molar-refractivity contribution in [3.8, 4) is 5.75 Å². The molecule has 0 atom stereocenters. The van der Waals surface area contributed by atoms with Crippen LogP contribution < -0.4 is 4.74 Å². The number of benzene rings is 3. The maximum atomic E-state index is 12.7. The smallest absolute Gasteiger partial charge is 0.375 e. The van der Waals surface area contributed by atoms with E-state index in [0.717, 1.165) is 9.86 Å². The van der Waals surface area contributed by atoms with Crippen LogP contribution in [0.4, 0.5) is 0 Å². The van der Waals surface area contributed by atoms with Crippen molar-refractivity contribution in [2.75, 3.05) is 6.61 Å². The fraction of sp³-hybridized carbons (Fsp3) is 0.0833. The van der Waals surface area contributed by atoms with E-state index in [0.29, 0.717) is 22.5 Å². The third kappa shape index (κ3) is 4.44. The van der Waals surface area contributed by atoms with Crippen molar-refractivity contribution < 1.29 is 23.5 Å². The molecule has 0 radical (unpaired) electrons. The van der Waals surface area contributed by atoms with E-state index in [4.69, 9.17) is 13.9 Å². The zero-order valence-corrected chi connectivity index (χ0v) is 17.4. The lowest BCUT2D eigenvalue weighted by molar-refractivity contribution is 0.0443. The van der Waals surface area contributed by atoms with Crippen LogP contribution in [-0.2, 0) is 11.3 Å². The summed E-state index contributed by atoms with van der Waals surface area (Å²) in [4.78, 5) is 25.0. The fourth-order valence-electron chi connectivity index (χ4n) is 2.99. The molecule has 0 amide bonds. The number of hydrogen-bond donors (Lipinski definition) is 0. The number of fused-ring (bicyclic) bond motifs is 1. The Balaban J connectivity index is 1.52. The lowest BCUT2D eigenvalue weighted by Crippen LogP contribution is -2.15. The fourth-order valence-corrected chi connectivity index (χ4v) is 3.26. The highest BCUT2D eigenvalue weighted by Gasteiger charge is 2.23. The van der Waals surface area contributed by atoms with Gasteiger partial charge in [0.1, 0.15) is 17.9 Å². The van der Waals surface area contributed by atoms with Gasteiger partial charge in [0.2, 0.25) is 5.76 Å². The molecule has 5 nitrogen and oxygen atoms in total. The van der Waals surface area contributed by atoms with Crippen LogP contribution in [-0.4, -0.2) is 18.4 Å². The van der Waals surface area contributed by atoms with Gasteiger partial charge in [-0.05, 0) is 30.3 Å². The van der Waals surface area contributed by atoms with Crippen LogP contribution in [0.25, 0.3) is 11.0 Å². The Morgan fingerprint density at radius 3 is 2.33 bits per heavy atom. The van der Waals surface area contributed by atoms with Gasteiger partial charge >= 0.3 is 5.97 Å². The Hall–Kier alpha value is -3.38. The normalized spacial score (nSPS) is 10.7. The first-order valence-corrected chi connectivity index (χ1v) is 10.1. The Morgan fingerprint density at radius 1 is 0.867 bits per heavy atom. The van der Waals surface area contributed by atoms with Crippen LogP contribution in [0.2, 0.25) is 0 Å². The van der Waals surface area contributed by atoms with Crippen LogP contribution in [0.1, 0.15) is 26.5 Å². The molecule has 0 saturated heterocycles. The number of furan rings is 1. The van der Waals surface area contributed by atoms with E-state index in [1.807, 2.05) is 48.5 Å². The summed E-state index contributed by atoms with van der Waals surface area (Å²) < 4.78 is 17.7. The Morgan fingerprint density at radius 2 is 1.57 bits per heavy atom. The molecule has 0 aliphatic carbocycles. The number of Topliss-reactive ketones (excluding diaryl/α,β-unsaturated/α-hetero) is 1. The Labute approximate surface area is 181 Å². The molecule has 0 saturated carbocycles. The predicted octanol–water partition coefficient (Wildman–Crippen LogP) is 5.81. The molecule has 6 heteroatoms. The van der Waals surface area contributed by atoms with Gasteiger partial charge in [-0.2, -0.15) is 0 Å². The summed E-state index contributed by atoms with van der Waals surface area (Å²) in [5.74, 6) is -0.291. The molecule has 0 aliphatic heterocycles. The van der Waals surface area contributed by atoms with Crippen molar-refractivity contribution >= 4 is 38.7 Å². The van der Waals surface area contributed by atoms with Gasteiger partial charge in [0, 0.05) is 15.4 Å². The van der Waals surface area contributed by atoms with Crippen LogP contribution in [0.3, 0.4) is 0 Å². The van der Waals surface area contributed by atoms with Gasteiger partial charge in [-0.1, -0.05) is 64.5 Å². The molecule has 4 aromatic rings. The van der Waals surface area contributed by atoms with Crippen LogP contribution in [0, 0.1) is 0 Å². The summed E-state index contributed by atoms with van der Waals surface area (Å²) in [7, 11) is 0. The maximum Gasteiger partial charge on any atom is 0.375 e. The van der Waals surface area contributed by atoms with E-state index in [2.05, 4.69) is 15.9 Å². The number of ether oxygens (including phenoxy) is 2. The van der Waals surface area contributed by atoms with Crippen molar-refractivity contribution in [3.05, 3.63) is 100 Å². The van der Waals surface area contributed by atoms with E-state index >= 15 is 0 Å². The minimum atomic E-state index is -0.705. The van der Waals surface area contributed by atoms with Gasteiger partial charge in [0.25, 0.3) is 0 Å². The first-order chi connectivity index (χ1) is 14.6. The number of ketones is 1. The minimum absolute atomic E-state index is 0.0377. The number of rotatable bonds is 7. The van der Waals surface area contributed by atoms with E-state index in [1.165, 1.54) is 0 Å². The van der Waals surface area contributed by atoms with Crippen molar-refractivity contribution in [1.29, 1.82) is 0 Å². The van der Waals surface area contributed by atoms with Gasteiger partial charge in [-0.3, -0.25) is 4.79 Å². The third-order valence-corrected chi connectivity index (χ3v) is 5.04. The van der Waals surface area contributed by atoms with Gasteiger partial charge in [-0.25, -0.2) is 4.79 Å². The molecule has 1 heterocycles. The Bertz CT molecular complexity index is 1180. The second-order valence-corrected chi connectivity index (χ2v) is 7.43. The molecule has 1 aromatic heterocycles.